The fraction of sp³-hybridized carbons (Fsp3) is 0.556. The van der Waals surface area contributed by atoms with E-state index < -0.39 is 11.7 Å². The van der Waals surface area contributed by atoms with Crippen LogP contribution in [0.15, 0.2) is 18.2 Å². The summed E-state index contributed by atoms with van der Waals surface area (Å²) in [6.07, 6.45) is -4.40. The van der Waals surface area contributed by atoms with Crippen molar-refractivity contribution in [3.05, 3.63) is 29.6 Å². The van der Waals surface area contributed by atoms with Crippen LogP contribution in [-0.2, 0) is 24.6 Å². The Labute approximate surface area is 155 Å². The van der Waals surface area contributed by atoms with Gasteiger partial charge in [-0.1, -0.05) is 0 Å². The molecule has 1 aliphatic rings. The van der Waals surface area contributed by atoms with E-state index in [1.807, 2.05) is 6.92 Å². The highest BCUT2D eigenvalue weighted by atomic mass is 19.4. The van der Waals surface area contributed by atoms with Crippen molar-refractivity contribution in [3.8, 4) is 0 Å². The Morgan fingerprint density at radius 2 is 1.89 bits per heavy atom. The molecule has 27 heavy (non-hydrogen) atoms. The first-order chi connectivity index (χ1) is 12.7. The SMILES string of the molecule is C[C@@H](C(=O)NCc1nc2cc(C(F)(F)F)ccc2n1C)N1CCN(C)CC1. The number of nitrogens with one attached hydrogen (secondary N) is 1. The Balaban J connectivity index is 1.67. The molecule has 9 heteroatoms. The van der Waals surface area contributed by atoms with Crippen molar-refractivity contribution < 1.29 is 18.0 Å². The number of fused-ring (bicyclic) bond motifs is 1. The Hall–Kier alpha value is -2.13. The summed E-state index contributed by atoms with van der Waals surface area (Å²) in [6, 6.07) is 3.23. The number of hydrogen-bond acceptors (Lipinski definition) is 4. The topological polar surface area (TPSA) is 53.4 Å². The molecule has 1 amide bonds. The van der Waals surface area contributed by atoms with Gasteiger partial charge in [0.15, 0.2) is 0 Å². The van der Waals surface area contributed by atoms with Gasteiger partial charge in [0.25, 0.3) is 0 Å². The van der Waals surface area contributed by atoms with Gasteiger partial charge in [-0.2, -0.15) is 13.2 Å². The second-order valence-corrected chi connectivity index (χ2v) is 7.02. The van der Waals surface area contributed by atoms with Crippen LogP contribution < -0.4 is 5.32 Å². The minimum absolute atomic E-state index is 0.109. The summed E-state index contributed by atoms with van der Waals surface area (Å²) in [4.78, 5) is 21.1. The maximum atomic E-state index is 12.9. The van der Waals surface area contributed by atoms with E-state index >= 15 is 0 Å². The van der Waals surface area contributed by atoms with Crippen LogP contribution in [-0.4, -0.2) is 64.5 Å². The molecule has 0 radical (unpaired) electrons. The summed E-state index contributed by atoms with van der Waals surface area (Å²) >= 11 is 0. The first kappa shape index (κ1) is 19.6. The molecule has 1 aromatic carbocycles. The molecule has 2 heterocycles. The van der Waals surface area contributed by atoms with E-state index in [0.29, 0.717) is 11.3 Å². The third-order valence-electron chi connectivity index (χ3n) is 5.19. The smallest absolute Gasteiger partial charge is 0.348 e. The summed E-state index contributed by atoms with van der Waals surface area (Å²) in [5.41, 5.74) is 0.135. The van der Waals surface area contributed by atoms with Gasteiger partial charge in [0.1, 0.15) is 5.82 Å². The molecule has 3 rings (SSSR count). The van der Waals surface area contributed by atoms with E-state index in [9.17, 15) is 18.0 Å². The first-order valence-electron chi connectivity index (χ1n) is 8.89. The predicted molar refractivity (Wildman–Crippen MR) is 96.1 cm³/mol. The number of hydrogen-bond donors (Lipinski definition) is 1. The van der Waals surface area contributed by atoms with Crippen LogP contribution in [0.4, 0.5) is 13.2 Å². The van der Waals surface area contributed by atoms with E-state index in [1.54, 1.807) is 11.6 Å². The fourth-order valence-electron chi connectivity index (χ4n) is 3.27. The summed E-state index contributed by atoms with van der Waals surface area (Å²) in [5, 5.41) is 2.85. The largest absolute Gasteiger partial charge is 0.416 e. The normalized spacial score (nSPS) is 18.0. The lowest BCUT2D eigenvalue weighted by Gasteiger charge is -2.35. The van der Waals surface area contributed by atoms with E-state index in [2.05, 4.69) is 27.1 Å². The summed E-state index contributed by atoms with van der Waals surface area (Å²) in [7, 11) is 3.78. The molecule has 1 aromatic heterocycles. The molecule has 1 fully saturated rings. The second kappa shape index (κ2) is 7.47. The van der Waals surface area contributed by atoms with Crippen molar-refractivity contribution in [1.29, 1.82) is 0 Å². The fourth-order valence-corrected chi connectivity index (χ4v) is 3.27. The molecule has 1 aliphatic heterocycles. The highest BCUT2D eigenvalue weighted by Crippen LogP contribution is 2.31. The molecule has 0 aliphatic carbocycles. The van der Waals surface area contributed by atoms with E-state index in [0.717, 1.165) is 38.3 Å². The number of aryl methyl sites for hydroxylation is 1. The minimum atomic E-state index is -4.40. The number of carbonyl (C=O) groups excluding carboxylic acids is 1. The van der Waals surface area contributed by atoms with Crippen molar-refractivity contribution >= 4 is 16.9 Å². The van der Waals surface area contributed by atoms with Crippen LogP contribution in [0.2, 0.25) is 0 Å². The van der Waals surface area contributed by atoms with Crippen molar-refractivity contribution in [2.75, 3.05) is 33.2 Å². The van der Waals surface area contributed by atoms with Gasteiger partial charge in [-0.15, -0.1) is 0 Å². The molecule has 148 valence electrons. The average Bonchev–Trinajstić information content (AvgIpc) is 2.94. The Morgan fingerprint density at radius 3 is 2.52 bits per heavy atom. The average molecular weight is 383 g/mol. The Morgan fingerprint density at radius 1 is 1.22 bits per heavy atom. The van der Waals surface area contributed by atoms with Gasteiger partial charge in [-0.25, -0.2) is 4.98 Å². The number of rotatable bonds is 4. The van der Waals surface area contributed by atoms with Crippen LogP contribution >= 0.6 is 0 Å². The van der Waals surface area contributed by atoms with Gasteiger partial charge >= 0.3 is 6.18 Å². The van der Waals surface area contributed by atoms with Crippen molar-refractivity contribution in [3.63, 3.8) is 0 Å². The zero-order valence-electron chi connectivity index (χ0n) is 15.7. The highest BCUT2D eigenvalue weighted by Gasteiger charge is 2.31. The second-order valence-electron chi connectivity index (χ2n) is 7.02. The number of likely N-dealkylation sites (N-methyl/N-ethyl adjacent to an activating group) is 1. The number of imidazole rings is 1. The van der Waals surface area contributed by atoms with Crippen molar-refractivity contribution in [1.82, 2.24) is 24.7 Å². The molecule has 2 aromatic rings. The van der Waals surface area contributed by atoms with Crippen LogP contribution in [0, 0.1) is 0 Å². The molecule has 0 saturated carbocycles. The molecule has 0 bridgehead atoms. The predicted octanol–water partition coefficient (Wildman–Crippen LogP) is 1.84. The summed E-state index contributed by atoms with van der Waals surface area (Å²) in [6.45, 7) is 5.54. The number of amides is 1. The molecule has 6 nitrogen and oxygen atoms in total. The number of carbonyl (C=O) groups is 1. The lowest BCUT2D eigenvalue weighted by molar-refractivity contribution is -0.137. The van der Waals surface area contributed by atoms with Crippen molar-refractivity contribution in [2.45, 2.75) is 25.7 Å². The first-order valence-corrected chi connectivity index (χ1v) is 8.89. The molecule has 1 atom stereocenters. The van der Waals surface area contributed by atoms with E-state index in [-0.39, 0.29) is 24.0 Å². The van der Waals surface area contributed by atoms with Gasteiger partial charge in [-0.3, -0.25) is 9.69 Å². The minimum Gasteiger partial charge on any atom is -0.348 e. The third kappa shape index (κ3) is 4.24. The Kier molecular flexibility index (Phi) is 5.43. The summed E-state index contributed by atoms with van der Waals surface area (Å²) < 4.78 is 40.3. The van der Waals surface area contributed by atoms with Gasteiger partial charge in [0.2, 0.25) is 5.91 Å². The van der Waals surface area contributed by atoms with Gasteiger partial charge in [0.05, 0.1) is 29.2 Å². The number of nitrogens with zero attached hydrogens (tertiary/aromatic N) is 4. The molecule has 0 spiro atoms. The van der Waals surface area contributed by atoms with Gasteiger partial charge < -0.3 is 14.8 Å². The lowest BCUT2D eigenvalue weighted by atomic mass is 10.2. The van der Waals surface area contributed by atoms with Crippen LogP contribution in [0.3, 0.4) is 0 Å². The maximum Gasteiger partial charge on any atom is 0.416 e. The third-order valence-corrected chi connectivity index (χ3v) is 5.19. The van der Waals surface area contributed by atoms with Crippen molar-refractivity contribution in [2.24, 2.45) is 7.05 Å². The molecule has 0 unspecified atom stereocenters. The number of aromatic nitrogens is 2. The maximum absolute atomic E-state index is 12.9. The molecular formula is C18H24F3N5O. The zero-order chi connectivity index (χ0) is 19.8. The standard InChI is InChI=1S/C18H24F3N5O/c1-12(26-8-6-24(2)7-9-26)17(27)22-11-16-23-14-10-13(18(19,20)21)4-5-15(14)25(16)3/h4-5,10,12H,6-9,11H2,1-3H3,(H,22,27)/t12-/m0/s1. The van der Waals surface area contributed by atoms with Crippen LogP contribution in [0.5, 0.6) is 0 Å². The Bertz CT molecular complexity index is 824. The number of halogens is 3. The lowest BCUT2D eigenvalue weighted by Crippen LogP contribution is -2.52. The van der Waals surface area contributed by atoms with Gasteiger partial charge in [-0.05, 0) is 32.2 Å². The monoisotopic (exact) mass is 383 g/mol. The van der Waals surface area contributed by atoms with Crippen LogP contribution in [0.1, 0.15) is 18.3 Å². The number of piperazine rings is 1. The zero-order valence-corrected chi connectivity index (χ0v) is 15.7. The quantitative estimate of drug-likeness (QED) is 0.876. The molecule has 1 N–H and O–H groups in total. The van der Waals surface area contributed by atoms with Crippen LogP contribution in [0.25, 0.3) is 11.0 Å². The highest BCUT2D eigenvalue weighted by molar-refractivity contribution is 5.81. The molecular weight excluding hydrogens is 359 g/mol. The summed E-state index contributed by atoms with van der Waals surface area (Å²) in [5.74, 6) is 0.408. The van der Waals surface area contributed by atoms with E-state index in [1.165, 1.54) is 6.07 Å². The number of alkyl halides is 3. The molecule has 1 saturated heterocycles. The van der Waals surface area contributed by atoms with Gasteiger partial charge in [0, 0.05) is 33.2 Å². The number of benzene rings is 1. The van der Waals surface area contributed by atoms with E-state index in [4.69, 9.17) is 0 Å².